The highest BCUT2D eigenvalue weighted by Gasteiger charge is 1.94. The predicted molar refractivity (Wildman–Crippen MR) is 113 cm³/mol. The average molecular weight is 369 g/mol. The van der Waals surface area contributed by atoms with E-state index < -0.39 is 0 Å². The van der Waals surface area contributed by atoms with Crippen molar-refractivity contribution in [2.24, 2.45) is 0 Å². The third-order valence-corrected chi connectivity index (χ3v) is 4.24. The molecule has 0 aromatic rings. The van der Waals surface area contributed by atoms with Crippen molar-refractivity contribution < 1.29 is 14.3 Å². The molecule has 0 aliphatic carbocycles. The Labute approximate surface area is 163 Å². The molecule has 0 fully saturated rings. The molecule has 0 saturated carbocycles. The maximum Gasteiger partial charge on any atom is 0.310 e. The van der Waals surface area contributed by atoms with Crippen molar-refractivity contribution >= 4 is 5.97 Å². The number of carbonyl (C=O) groups excluding carboxylic acids is 1. The molecule has 3 nitrogen and oxygen atoms in total. The van der Waals surface area contributed by atoms with E-state index in [0.717, 1.165) is 12.9 Å². The Hall–Kier alpha value is -1.25. The van der Waals surface area contributed by atoms with Gasteiger partial charge in [0.2, 0.25) is 0 Å². The average Bonchev–Trinajstić information content (AvgIpc) is 2.65. The topological polar surface area (TPSA) is 35.5 Å². The fraction of sp³-hybridized carbons (Fsp3) is 0.783. The number of carbonyl (C=O) groups is 1. The van der Waals surface area contributed by atoms with Crippen LogP contribution in [-0.2, 0) is 14.3 Å². The zero-order valence-electron chi connectivity index (χ0n) is 17.6. The fourth-order valence-corrected chi connectivity index (χ4v) is 2.64. The number of esters is 1. The van der Waals surface area contributed by atoms with E-state index in [4.69, 9.17) is 4.74 Å². The summed E-state index contributed by atoms with van der Waals surface area (Å²) in [5.74, 6) is -0.241. The minimum absolute atomic E-state index is 0.241. The lowest BCUT2D eigenvalue weighted by Gasteiger charge is -2.03. The van der Waals surface area contributed by atoms with E-state index in [0.29, 0.717) is 6.42 Å². The zero-order valence-corrected chi connectivity index (χ0v) is 17.6. The minimum atomic E-state index is -0.241. The highest BCUT2D eigenvalue weighted by atomic mass is 16.5. The molecule has 0 unspecified atom stereocenters. The molecule has 0 aromatic heterocycles. The molecule has 3 heteroatoms. The maximum absolute atomic E-state index is 10.1. The van der Waals surface area contributed by atoms with Gasteiger partial charge in [0, 0.05) is 6.42 Å². The van der Waals surface area contributed by atoms with Gasteiger partial charge in [-0.3, -0.25) is 4.79 Å². The predicted octanol–water partition coefficient (Wildman–Crippen LogP) is 7.71. The van der Waals surface area contributed by atoms with Crippen LogP contribution in [0.4, 0.5) is 0 Å². The van der Waals surface area contributed by atoms with Crippen LogP contribution in [0.1, 0.15) is 110 Å². The first-order chi connectivity index (χ1) is 12.7. The van der Waals surface area contributed by atoms with Crippen LogP contribution >= 0.6 is 0 Å². The third-order valence-electron chi connectivity index (χ3n) is 4.24. The van der Waals surface area contributed by atoms with E-state index in [1.807, 2.05) is 0 Å². The van der Waals surface area contributed by atoms with Gasteiger partial charge in [0.15, 0.2) is 0 Å². The molecule has 0 aromatic carbocycles. The lowest BCUT2D eigenvalue weighted by atomic mass is 10.0. The van der Waals surface area contributed by atoms with Gasteiger partial charge in [-0.2, -0.15) is 0 Å². The van der Waals surface area contributed by atoms with Crippen molar-refractivity contribution in [2.45, 2.75) is 110 Å². The van der Waals surface area contributed by atoms with Crippen LogP contribution in [0.25, 0.3) is 0 Å². The normalized spacial score (nSPS) is 9.77. The van der Waals surface area contributed by atoms with Crippen molar-refractivity contribution in [2.75, 3.05) is 6.61 Å². The molecule has 0 spiro atoms. The molecule has 0 heterocycles. The van der Waals surface area contributed by atoms with Crippen LogP contribution in [0.15, 0.2) is 25.7 Å². The van der Waals surface area contributed by atoms with Crippen molar-refractivity contribution in [3.63, 3.8) is 0 Å². The Bertz CT molecular complexity index is 300. The van der Waals surface area contributed by atoms with E-state index in [-0.39, 0.29) is 5.97 Å². The molecular weight excluding hydrogens is 324 g/mol. The summed E-state index contributed by atoms with van der Waals surface area (Å²) in [6.45, 7) is 11.6. The molecule has 0 N–H and O–H groups in total. The Morgan fingerprint density at radius 1 is 0.692 bits per heavy atom. The number of hydrogen-bond donors (Lipinski definition) is 0. The molecule has 0 aliphatic rings. The minimum Gasteiger partial charge on any atom is -0.502 e. The molecule has 0 radical (unpaired) electrons. The summed E-state index contributed by atoms with van der Waals surface area (Å²) in [5, 5.41) is 0. The second kappa shape index (κ2) is 26.0. The highest BCUT2D eigenvalue weighted by Crippen LogP contribution is 2.12. The first-order valence-corrected chi connectivity index (χ1v) is 10.8. The van der Waals surface area contributed by atoms with Gasteiger partial charge in [-0.25, -0.2) is 0 Å². The van der Waals surface area contributed by atoms with Crippen molar-refractivity contribution in [3.05, 3.63) is 25.7 Å². The highest BCUT2D eigenvalue weighted by molar-refractivity contribution is 5.69. The number of hydrogen-bond acceptors (Lipinski definition) is 3. The summed E-state index contributed by atoms with van der Waals surface area (Å²) >= 11 is 0. The van der Waals surface area contributed by atoms with Gasteiger partial charge in [0.25, 0.3) is 0 Å². The molecular formula is C23H44O3. The molecule has 26 heavy (non-hydrogen) atoms. The van der Waals surface area contributed by atoms with Crippen molar-refractivity contribution in [1.82, 2.24) is 0 Å². The van der Waals surface area contributed by atoms with Gasteiger partial charge >= 0.3 is 5.97 Å². The van der Waals surface area contributed by atoms with Gasteiger partial charge in [-0.1, -0.05) is 110 Å². The molecule has 0 saturated heterocycles. The van der Waals surface area contributed by atoms with Crippen LogP contribution in [0.2, 0.25) is 0 Å². The summed E-state index contributed by atoms with van der Waals surface area (Å²) < 4.78 is 9.42. The molecule has 0 bridgehead atoms. The Kier molecular flexibility index (Phi) is 27.0. The van der Waals surface area contributed by atoms with Crippen LogP contribution in [0.3, 0.4) is 0 Å². The van der Waals surface area contributed by atoms with Crippen LogP contribution < -0.4 is 0 Å². The summed E-state index contributed by atoms with van der Waals surface area (Å²) in [4.78, 5) is 10.1. The zero-order chi connectivity index (χ0) is 19.7. The van der Waals surface area contributed by atoms with Gasteiger partial charge in [0.1, 0.15) is 0 Å². The summed E-state index contributed by atoms with van der Waals surface area (Å²) in [7, 11) is 0. The number of unbranched alkanes of at least 4 members (excludes halogenated alkanes) is 13. The van der Waals surface area contributed by atoms with E-state index in [1.165, 1.54) is 89.9 Å². The quantitative estimate of drug-likeness (QED) is 0.141. The lowest BCUT2D eigenvalue weighted by Crippen LogP contribution is -1.94. The standard InChI is InChI=1S/C18H36O.C5H8O2/c1-3-5-6-7-8-9-10-11-12-13-14-15-16-17-18-19-4-2;1-3-5(6)7-4-2/h4H,2-3,5-18H2,1H3;4H,2-3H2,1H3. The van der Waals surface area contributed by atoms with Crippen molar-refractivity contribution in [3.8, 4) is 0 Å². The number of ether oxygens (including phenoxy) is 2. The summed E-state index contributed by atoms with van der Waals surface area (Å²) in [5.41, 5.74) is 0. The number of rotatable bonds is 18. The van der Waals surface area contributed by atoms with Gasteiger partial charge in [-0.15, -0.1) is 0 Å². The molecule has 0 rings (SSSR count). The molecule has 154 valence electrons. The Morgan fingerprint density at radius 3 is 1.42 bits per heavy atom. The van der Waals surface area contributed by atoms with E-state index in [2.05, 4.69) is 24.8 Å². The monoisotopic (exact) mass is 368 g/mol. The van der Waals surface area contributed by atoms with Crippen LogP contribution in [-0.4, -0.2) is 12.6 Å². The maximum atomic E-state index is 10.1. The largest absolute Gasteiger partial charge is 0.502 e. The molecule has 0 atom stereocenters. The SMILES string of the molecule is C=COC(=O)CC.C=COCCCCCCCCCCCCCCCC. The van der Waals surface area contributed by atoms with Gasteiger partial charge in [-0.05, 0) is 6.42 Å². The van der Waals surface area contributed by atoms with E-state index >= 15 is 0 Å². The second-order valence-electron chi connectivity index (χ2n) is 6.64. The second-order valence-corrected chi connectivity index (χ2v) is 6.64. The van der Waals surface area contributed by atoms with Crippen LogP contribution in [0.5, 0.6) is 0 Å². The fourth-order valence-electron chi connectivity index (χ4n) is 2.64. The smallest absolute Gasteiger partial charge is 0.310 e. The lowest BCUT2D eigenvalue weighted by molar-refractivity contribution is -0.137. The third kappa shape index (κ3) is 27.6. The van der Waals surface area contributed by atoms with E-state index in [1.54, 1.807) is 13.2 Å². The van der Waals surface area contributed by atoms with Crippen molar-refractivity contribution in [1.29, 1.82) is 0 Å². The first kappa shape index (κ1) is 27.0. The van der Waals surface area contributed by atoms with Gasteiger partial charge < -0.3 is 9.47 Å². The molecule has 0 amide bonds. The summed E-state index contributed by atoms with van der Waals surface area (Å²) in [6.07, 6.45) is 22.8. The Morgan fingerprint density at radius 2 is 1.12 bits per heavy atom. The van der Waals surface area contributed by atoms with Crippen LogP contribution in [0, 0.1) is 0 Å². The van der Waals surface area contributed by atoms with E-state index in [9.17, 15) is 4.79 Å². The summed E-state index contributed by atoms with van der Waals surface area (Å²) in [6, 6.07) is 0. The molecule has 0 aliphatic heterocycles. The van der Waals surface area contributed by atoms with Gasteiger partial charge in [0.05, 0.1) is 19.1 Å². The first-order valence-electron chi connectivity index (χ1n) is 10.8. The Balaban J connectivity index is 0.